The van der Waals surface area contributed by atoms with Crippen molar-refractivity contribution in [2.45, 2.75) is 0 Å². The number of pyridine rings is 1. The van der Waals surface area contributed by atoms with Crippen LogP contribution in [0, 0.1) is 0 Å². The highest BCUT2D eigenvalue weighted by Crippen LogP contribution is 2.04. The van der Waals surface area contributed by atoms with E-state index >= 15 is 0 Å². The van der Waals surface area contributed by atoms with Crippen molar-refractivity contribution in [1.82, 2.24) is 15.6 Å². The lowest BCUT2D eigenvalue weighted by atomic mass is 10.5. The molecule has 1 heterocycles. The van der Waals surface area contributed by atoms with Gasteiger partial charge in [0, 0.05) is 19.8 Å². The highest BCUT2D eigenvalue weighted by Gasteiger charge is 1.95. The van der Waals surface area contributed by atoms with Crippen molar-refractivity contribution >= 4 is 29.9 Å². The molecule has 0 spiro atoms. The first-order valence-corrected chi connectivity index (χ1v) is 5.45. The van der Waals surface area contributed by atoms with Crippen molar-refractivity contribution in [3.63, 3.8) is 0 Å². The summed E-state index contributed by atoms with van der Waals surface area (Å²) in [6.07, 6.45) is 5.18. The number of hydrogen-bond donors (Lipinski definition) is 2. The number of guanidine groups is 1. The summed E-state index contributed by atoms with van der Waals surface area (Å²) in [6, 6.07) is 3.71. The van der Waals surface area contributed by atoms with Crippen LogP contribution < -0.4 is 15.4 Å². The molecule has 0 aliphatic carbocycles. The fourth-order valence-corrected chi connectivity index (χ4v) is 1.16. The molecule has 1 aromatic rings. The third kappa shape index (κ3) is 7.10. The van der Waals surface area contributed by atoms with E-state index in [1.165, 1.54) is 0 Å². The van der Waals surface area contributed by atoms with Gasteiger partial charge in [0.1, 0.15) is 12.4 Å². The van der Waals surface area contributed by atoms with E-state index in [0.717, 1.165) is 11.7 Å². The highest BCUT2D eigenvalue weighted by atomic mass is 127. The Labute approximate surface area is 125 Å². The topological polar surface area (TPSA) is 58.5 Å². The summed E-state index contributed by atoms with van der Waals surface area (Å²) in [7, 11) is 1.72. The molecule has 1 rings (SSSR count). The van der Waals surface area contributed by atoms with E-state index in [9.17, 15) is 0 Å². The van der Waals surface area contributed by atoms with Gasteiger partial charge in [-0.15, -0.1) is 30.6 Å². The van der Waals surface area contributed by atoms with Gasteiger partial charge in [-0.05, 0) is 12.1 Å². The van der Waals surface area contributed by atoms with Crippen LogP contribution in [0.25, 0.3) is 0 Å². The van der Waals surface area contributed by atoms with Crippen LogP contribution in [-0.2, 0) is 0 Å². The van der Waals surface area contributed by atoms with E-state index in [1.807, 2.05) is 12.1 Å². The summed E-state index contributed by atoms with van der Waals surface area (Å²) in [5, 5.41) is 6.19. The van der Waals surface area contributed by atoms with Crippen LogP contribution >= 0.6 is 24.0 Å². The zero-order chi connectivity index (χ0) is 12.3. The Kier molecular flexibility index (Phi) is 10.0. The molecule has 100 valence electrons. The van der Waals surface area contributed by atoms with Crippen LogP contribution in [0.1, 0.15) is 0 Å². The van der Waals surface area contributed by atoms with Crippen LogP contribution in [0.4, 0.5) is 0 Å². The normalized spacial score (nSPS) is 10.2. The fraction of sp³-hybridized carbons (Fsp3) is 0.333. The molecule has 18 heavy (non-hydrogen) atoms. The lowest BCUT2D eigenvalue weighted by Gasteiger charge is -2.10. The first-order valence-electron chi connectivity index (χ1n) is 5.45. The highest BCUT2D eigenvalue weighted by molar-refractivity contribution is 14.0. The van der Waals surface area contributed by atoms with Crippen molar-refractivity contribution < 1.29 is 4.74 Å². The molecule has 0 atom stereocenters. The summed E-state index contributed by atoms with van der Waals surface area (Å²) in [4.78, 5) is 8.01. The minimum absolute atomic E-state index is 0. The number of rotatable bonds is 6. The molecular weight excluding hydrogens is 343 g/mol. The summed E-state index contributed by atoms with van der Waals surface area (Å²) in [5.41, 5.74) is 0. The SMILES string of the molecule is C=CCNC(=NC)NCCOc1cccnc1.I. The fourth-order valence-electron chi connectivity index (χ4n) is 1.16. The predicted molar refractivity (Wildman–Crippen MR) is 84.7 cm³/mol. The number of nitrogens with zero attached hydrogens (tertiary/aromatic N) is 2. The predicted octanol–water partition coefficient (Wildman–Crippen LogP) is 1.43. The lowest BCUT2D eigenvalue weighted by Crippen LogP contribution is -2.39. The van der Waals surface area contributed by atoms with E-state index in [1.54, 1.807) is 25.5 Å². The van der Waals surface area contributed by atoms with Crippen molar-refractivity contribution in [2.24, 2.45) is 4.99 Å². The molecule has 0 amide bonds. The Bertz CT molecular complexity index is 356. The van der Waals surface area contributed by atoms with Crippen molar-refractivity contribution in [3.8, 4) is 5.75 Å². The second kappa shape index (κ2) is 10.8. The van der Waals surface area contributed by atoms with Crippen LogP contribution in [-0.4, -0.2) is 37.7 Å². The van der Waals surface area contributed by atoms with E-state index in [0.29, 0.717) is 19.7 Å². The Hall–Kier alpha value is -1.31. The number of nitrogens with one attached hydrogen (secondary N) is 2. The minimum atomic E-state index is 0. The molecule has 5 nitrogen and oxygen atoms in total. The van der Waals surface area contributed by atoms with Gasteiger partial charge in [0.2, 0.25) is 0 Å². The molecule has 0 fully saturated rings. The van der Waals surface area contributed by atoms with Crippen molar-refractivity contribution in [1.29, 1.82) is 0 Å². The van der Waals surface area contributed by atoms with Gasteiger partial charge in [-0.3, -0.25) is 9.98 Å². The lowest BCUT2D eigenvalue weighted by molar-refractivity contribution is 0.320. The summed E-state index contributed by atoms with van der Waals surface area (Å²) in [6.45, 7) is 5.54. The largest absolute Gasteiger partial charge is 0.490 e. The van der Waals surface area contributed by atoms with Crippen molar-refractivity contribution in [2.75, 3.05) is 26.7 Å². The Balaban J connectivity index is 0.00000289. The maximum Gasteiger partial charge on any atom is 0.191 e. The van der Waals surface area contributed by atoms with Gasteiger partial charge in [0.05, 0.1) is 12.7 Å². The van der Waals surface area contributed by atoms with Gasteiger partial charge in [-0.2, -0.15) is 0 Å². The number of hydrogen-bond acceptors (Lipinski definition) is 3. The van der Waals surface area contributed by atoms with E-state index < -0.39 is 0 Å². The molecule has 0 aliphatic rings. The Morgan fingerprint density at radius 2 is 2.39 bits per heavy atom. The third-order valence-corrected chi connectivity index (χ3v) is 1.94. The molecule has 0 saturated heterocycles. The Morgan fingerprint density at radius 3 is 3.00 bits per heavy atom. The van der Waals surface area contributed by atoms with Gasteiger partial charge in [-0.1, -0.05) is 6.08 Å². The van der Waals surface area contributed by atoms with E-state index in [4.69, 9.17) is 4.74 Å². The molecule has 1 aromatic heterocycles. The standard InChI is InChI=1S/C12H18N4O.HI/c1-3-6-15-12(13-2)16-8-9-17-11-5-4-7-14-10-11;/h3-5,7,10H,1,6,8-9H2,2H3,(H2,13,15,16);1H. The minimum Gasteiger partial charge on any atom is -0.490 e. The zero-order valence-corrected chi connectivity index (χ0v) is 12.8. The number of ether oxygens (including phenoxy) is 1. The number of aliphatic imine (C=N–C) groups is 1. The molecule has 6 heteroatoms. The monoisotopic (exact) mass is 362 g/mol. The number of halogens is 1. The van der Waals surface area contributed by atoms with Gasteiger partial charge < -0.3 is 15.4 Å². The maximum atomic E-state index is 5.48. The molecule has 0 radical (unpaired) electrons. The van der Waals surface area contributed by atoms with Crippen LogP contribution in [0.15, 0.2) is 42.2 Å². The van der Waals surface area contributed by atoms with Crippen LogP contribution in [0.2, 0.25) is 0 Å². The molecule has 0 aromatic carbocycles. The average Bonchev–Trinajstić information content (AvgIpc) is 2.39. The Morgan fingerprint density at radius 1 is 1.56 bits per heavy atom. The van der Waals surface area contributed by atoms with Gasteiger partial charge >= 0.3 is 0 Å². The van der Waals surface area contributed by atoms with Gasteiger partial charge in [0.25, 0.3) is 0 Å². The maximum absolute atomic E-state index is 5.48. The van der Waals surface area contributed by atoms with Gasteiger partial charge in [0.15, 0.2) is 5.96 Å². The van der Waals surface area contributed by atoms with Crippen LogP contribution in [0.5, 0.6) is 5.75 Å². The summed E-state index contributed by atoms with van der Waals surface area (Å²) >= 11 is 0. The molecule has 0 unspecified atom stereocenters. The smallest absolute Gasteiger partial charge is 0.191 e. The number of aromatic nitrogens is 1. The summed E-state index contributed by atoms with van der Waals surface area (Å²) in [5.74, 6) is 1.50. The van der Waals surface area contributed by atoms with Gasteiger partial charge in [-0.25, -0.2) is 0 Å². The average molecular weight is 362 g/mol. The zero-order valence-electron chi connectivity index (χ0n) is 10.4. The first-order chi connectivity index (χ1) is 8.36. The molecule has 0 bridgehead atoms. The molecule has 0 saturated carbocycles. The molecule has 2 N–H and O–H groups in total. The second-order valence-corrected chi connectivity index (χ2v) is 3.21. The molecular formula is C12H19IN4O. The summed E-state index contributed by atoms with van der Waals surface area (Å²) < 4.78 is 5.48. The van der Waals surface area contributed by atoms with E-state index in [2.05, 4.69) is 27.2 Å². The third-order valence-electron chi connectivity index (χ3n) is 1.94. The van der Waals surface area contributed by atoms with Crippen LogP contribution in [0.3, 0.4) is 0 Å². The van der Waals surface area contributed by atoms with Crippen molar-refractivity contribution in [3.05, 3.63) is 37.2 Å². The second-order valence-electron chi connectivity index (χ2n) is 3.21. The van der Waals surface area contributed by atoms with E-state index in [-0.39, 0.29) is 24.0 Å². The first kappa shape index (κ1) is 16.7. The molecule has 0 aliphatic heterocycles. The quantitative estimate of drug-likeness (QED) is 0.264.